The van der Waals surface area contributed by atoms with Crippen LogP contribution in [-0.4, -0.2) is 4.98 Å². The van der Waals surface area contributed by atoms with Gasteiger partial charge in [-0.05, 0) is 24.3 Å². The highest BCUT2D eigenvalue weighted by Crippen LogP contribution is 2.22. The molecule has 2 aromatic carbocycles. The summed E-state index contributed by atoms with van der Waals surface area (Å²) in [5.41, 5.74) is 0.795. The highest BCUT2D eigenvalue weighted by Gasteiger charge is 2.08. The van der Waals surface area contributed by atoms with Gasteiger partial charge in [0.15, 0.2) is 5.43 Å². The summed E-state index contributed by atoms with van der Waals surface area (Å²) in [4.78, 5) is 27.3. The zero-order valence-corrected chi connectivity index (χ0v) is 11.2. The number of hydrogen-bond donors (Lipinski definition) is 1. The number of rotatable bonds is 0. The third kappa shape index (κ3) is 1.52. The monoisotopic (exact) mass is 279 g/mol. The minimum atomic E-state index is -0.0905. The van der Waals surface area contributed by atoms with E-state index in [-0.39, 0.29) is 10.9 Å². The lowest BCUT2D eigenvalue weighted by atomic mass is 10.3. The molecule has 3 nitrogen and oxygen atoms in total. The second kappa shape index (κ2) is 4.02. The molecule has 1 N–H and O–H groups in total. The van der Waals surface area contributed by atoms with Crippen molar-refractivity contribution in [3.05, 3.63) is 78.9 Å². The van der Waals surface area contributed by atoms with E-state index in [2.05, 4.69) is 4.98 Å². The Labute approximate surface area is 116 Å². The second-order valence-electron chi connectivity index (χ2n) is 4.66. The molecule has 20 heavy (non-hydrogen) atoms. The summed E-state index contributed by atoms with van der Waals surface area (Å²) in [7, 11) is 0. The van der Waals surface area contributed by atoms with Crippen molar-refractivity contribution in [1.29, 1.82) is 0 Å². The molecule has 0 radical (unpaired) electrons. The third-order valence-corrected chi connectivity index (χ3v) is 4.61. The zero-order chi connectivity index (χ0) is 13.7. The number of H-pyrrole nitrogens is 1. The summed E-state index contributed by atoms with van der Waals surface area (Å²) in [5.74, 6) is 0. The van der Waals surface area contributed by atoms with Gasteiger partial charge in [0, 0.05) is 10.8 Å². The number of nitrogens with one attached hydrogen (secondary N) is 1. The smallest absolute Gasteiger partial charge is 0.211 e. The lowest BCUT2D eigenvalue weighted by molar-refractivity contribution is 1.31. The Bertz CT molecular complexity index is 1140. The van der Waals surface area contributed by atoms with Crippen LogP contribution >= 0.6 is 11.3 Å². The minimum Gasteiger partial charge on any atom is -0.350 e. The first-order valence-electron chi connectivity index (χ1n) is 6.22. The number of aromatic amines is 1. The maximum atomic E-state index is 12.5. The largest absolute Gasteiger partial charge is 0.350 e. The van der Waals surface area contributed by atoms with Gasteiger partial charge in [-0.3, -0.25) is 9.59 Å². The van der Waals surface area contributed by atoms with Crippen molar-refractivity contribution >= 4 is 32.3 Å². The van der Waals surface area contributed by atoms with Gasteiger partial charge in [-0.25, -0.2) is 0 Å². The molecule has 0 unspecified atom stereocenters. The van der Waals surface area contributed by atoms with Crippen molar-refractivity contribution in [2.24, 2.45) is 0 Å². The summed E-state index contributed by atoms with van der Waals surface area (Å²) in [6, 6.07) is 14.2. The predicted octanol–water partition coefficient (Wildman–Crippen LogP) is 2.83. The quantitative estimate of drug-likeness (QED) is 0.538. The zero-order valence-electron chi connectivity index (χ0n) is 10.3. The topological polar surface area (TPSA) is 49.9 Å². The van der Waals surface area contributed by atoms with Gasteiger partial charge < -0.3 is 4.98 Å². The average Bonchev–Trinajstić information content (AvgIpc) is 2.63. The Hall–Kier alpha value is -2.46. The molecule has 4 heteroatoms. The van der Waals surface area contributed by atoms with Crippen molar-refractivity contribution in [1.82, 2.24) is 4.98 Å². The molecule has 4 rings (SSSR count). The van der Waals surface area contributed by atoms with Gasteiger partial charge in [0.2, 0.25) is 5.43 Å². The van der Waals surface area contributed by atoms with E-state index in [1.54, 1.807) is 12.1 Å². The normalized spacial score (nSPS) is 11.4. The van der Waals surface area contributed by atoms with Crippen molar-refractivity contribution in [3.8, 4) is 0 Å². The molecule has 0 aromatic heterocycles. The summed E-state index contributed by atoms with van der Waals surface area (Å²) >= 11 is 1.54. The Morgan fingerprint density at radius 3 is 2.65 bits per heavy atom. The lowest BCUT2D eigenvalue weighted by Gasteiger charge is -1.95. The Balaban J connectivity index is 2.42. The van der Waals surface area contributed by atoms with Gasteiger partial charge in [0.05, 0.1) is 14.7 Å². The molecule has 2 aliphatic rings. The van der Waals surface area contributed by atoms with E-state index in [0.717, 1.165) is 20.1 Å². The molecule has 0 spiro atoms. The van der Waals surface area contributed by atoms with Gasteiger partial charge in [-0.15, -0.1) is 11.3 Å². The summed E-state index contributed by atoms with van der Waals surface area (Å²) in [5, 5.41) is 1.89. The third-order valence-electron chi connectivity index (χ3n) is 3.40. The van der Waals surface area contributed by atoms with Crippen LogP contribution in [0.15, 0.2) is 58.1 Å². The standard InChI is InChI=1S/C16H9NO2S/c18-9-4-3-5-10-11(8-9)16-14(15(10)19)17-12-6-1-2-7-13(12)20-16/h1-8,17H. The number of aromatic nitrogens is 1. The SMILES string of the molecule is O=c1cccc2c(=O)c3[nH]c4ccccc4sc=3c2c1. The molecule has 0 atom stereocenters. The Morgan fingerprint density at radius 2 is 1.75 bits per heavy atom. The summed E-state index contributed by atoms with van der Waals surface area (Å²) in [6.45, 7) is 0. The molecule has 1 heterocycles. The van der Waals surface area contributed by atoms with E-state index in [0.29, 0.717) is 10.7 Å². The van der Waals surface area contributed by atoms with E-state index in [1.165, 1.54) is 23.5 Å². The first-order valence-corrected chi connectivity index (χ1v) is 7.03. The molecule has 96 valence electrons. The number of para-hydroxylation sites is 1. The van der Waals surface area contributed by atoms with E-state index in [1.807, 2.05) is 24.3 Å². The summed E-state index contributed by atoms with van der Waals surface area (Å²) < 4.78 is 1.91. The minimum absolute atomic E-state index is 0.0485. The highest BCUT2D eigenvalue weighted by atomic mass is 32.1. The van der Waals surface area contributed by atoms with Gasteiger partial charge in [0.25, 0.3) is 0 Å². The fraction of sp³-hybridized carbons (Fsp3) is 0. The molecule has 2 aromatic rings. The molecule has 1 aliphatic heterocycles. The molecular formula is C16H9NO2S. The molecule has 0 fully saturated rings. The Morgan fingerprint density at radius 1 is 0.900 bits per heavy atom. The average molecular weight is 279 g/mol. The van der Waals surface area contributed by atoms with Crippen LogP contribution in [-0.2, 0) is 0 Å². The van der Waals surface area contributed by atoms with E-state index >= 15 is 0 Å². The van der Waals surface area contributed by atoms with Crippen LogP contribution < -0.4 is 10.9 Å². The van der Waals surface area contributed by atoms with Crippen LogP contribution in [0, 0.1) is 9.88 Å². The molecule has 0 amide bonds. The van der Waals surface area contributed by atoms with Crippen molar-refractivity contribution in [2.75, 3.05) is 0 Å². The van der Waals surface area contributed by atoms with Crippen molar-refractivity contribution in [2.45, 2.75) is 0 Å². The molecular weight excluding hydrogens is 270 g/mol. The highest BCUT2D eigenvalue weighted by molar-refractivity contribution is 7.17. The van der Waals surface area contributed by atoms with E-state index in [4.69, 9.17) is 0 Å². The van der Waals surface area contributed by atoms with Crippen LogP contribution in [0.3, 0.4) is 0 Å². The van der Waals surface area contributed by atoms with Gasteiger partial charge in [0.1, 0.15) is 5.35 Å². The first kappa shape index (κ1) is 11.4. The van der Waals surface area contributed by atoms with Gasteiger partial charge in [-0.2, -0.15) is 0 Å². The molecule has 1 aliphatic carbocycles. The number of hydrogen-bond acceptors (Lipinski definition) is 3. The summed E-state index contributed by atoms with van der Waals surface area (Å²) in [6.07, 6.45) is 0. The Kier molecular flexibility index (Phi) is 2.28. The predicted molar refractivity (Wildman–Crippen MR) is 81.5 cm³/mol. The fourth-order valence-electron chi connectivity index (χ4n) is 2.48. The number of fused-ring (bicyclic) bond motifs is 3. The van der Waals surface area contributed by atoms with Crippen LogP contribution in [0.5, 0.6) is 0 Å². The number of benzene rings is 1. The molecule has 0 saturated carbocycles. The maximum absolute atomic E-state index is 12.5. The first-order chi connectivity index (χ1) is 9.74. The van der Waals surface area contributed by atoms with E-state index < -0.39 is 0 Å². The van der Waals surface area contributed by atoms with Crippen LogP contribution in [0.25, 0.3) is 21.0 Å². The molecule has 0 bridgehead atoms. The van der Waals surface area contributed by atoms with Crippen molar-refractivity contribution < 1.29 is 0 Å². The fourth-order valence-corrected chi connectivity index (χ4v) is 3.60. The van der Waals surface area contributed by atoms with Gasteiger partial charge >= 0.3 is 0 Å². The van der Waals surface area contributed by atoms with Crippen LogP contribution in [0.4, 0.5) is 0 Å². The van der Waals surface area contributed by atoms with Crippen LogP contribution in [0.2, 0.25) is 0 Å². The van der Waals surface area contributed by atoms with Crippen molar-refractivity contribution in [3.63, 3.8) is 0 Å². The lowest BCUT2D eigenvalue weighted by Crippen LogP contribution is -1.98. The van der Waals surface area contributed by atoms with Gasteiger partial charge in [-0.1, -0.05) is 24.3 Å². The second-order valence-corrected chi connectivity index (χ2v) is 5.71. The maximum Gasteiger partial charge on any atom is 0.211 e. The molecule has 0 saturated heterocycles. The van der Waals surface area contributed by atoms with E-state index in [9.17, 15) is 9.59 Å². The van der Waals surface area contributed by atoms with Crippen LogP contribution in [0.1, 0.15) is 0 Å².